The third kappa shape index (κ3) is 3.30. The summed E-state index contributed by atoms with van der Waals surface area (Å²) in [6.45, 7) is 4.53. The predicted octanol–water partition coefficient (Wildman–Crippen LogP) is 2.18. The molecule has 0 bridgehead atoms. The van der Waals surface area contributed by atoms with Crippen molar-refractivity contribution in [2.45, 2.75) is 20.4 Å². The lowest BCUT2D eigenvalue weighted by molar-refractivity contribution is -0.123. The van der Waals surface area contributed by atoms with Gasteiger partial charge < -0.3 is 19.5 Å². The molecule has 0 unspecified atom stereocenters. The number of aromatic nitrogens is 1. The van der Waals surface area contributed by atoms with Crippen LogP contribution in [0.25, 0.3) is 0 Å². The van der Waals surface area contributed by atoms with Crippen molar-refractivity contribution in [2.24, 2.45) is 0 Å². The number of nitrogens with one attached hydrogen (secondary N) is 1. The first-order valence-corrected chi connectivity index (χ1v) is 7.65. The zero-order valence-electron chi connectivity index (χ0n) is 12.3. The number of thiazole rings is 1. The van der Waals surface area contributed by atoms with Crippen molar-refractivity contribution in [1.82, 2.24) is 10.3 Å². The van der Waals surface area contributed by atoms with Gasteiger partial charge in [-0.25, -0.2) is 4.98 Å². The largest absolute Gasteiger partial charge is 0.484 e. The van der Waals surface area contributed by atoms with E-state index in [-0.39, 0.29) is 19.3 Å². The lowest BCUT2D eigenvalue weighted by atomic mass is 10.3. The van der Waals surface area contributed by atoms with Crippen LogP contribution in [-0.2, 0) is 11.3 Å². The second kappa shape index (κ2) is 6.23. The maximum absolute atomic E-state index is 11.8. The van der Waals surface area contributed by atoms with Gasteiger partial charge in [-0.3, -0.25) is 4.79 Å². The van der Waals surface area contributed by atoms with Gasteiger partial charge in [-0.15, -0.1) is 11.3 Å². The number of benzene rings is 1. The van der Waals surface area contributed by atoms with Gasteiger partial charge in [-0.1, -0.05) is 0 Å². The molecule has 116 valence electrons. The number of hydrogen-bond acceptors (Lipinski definition) is 6. The minimum absolute atomic E-state index is 0.0452. The van der Waals surface area contributed by atoms with E-state index in [0.717, 1.165) is 15.6 Å². The molecule has 6 nitrogen and oxygen atoms in total. The monoisotopic (exact) mass is 320 g/mol. The first kappa shape index (κ1) is 14.6. The Balaban J connectivity index is 1.49. The van der Waals surface area contributed by atoms with Crippen molar-refractivity contribution >= 4 is 17.2 Å². The highest BCUT2D eigenvalue weighted by Crippen LogP contribution is 2.34. The zero-order valence-corrected chi connectivity index (χ0v) is 13.2. The van der Waals surface area contributed by atoms with E-state index in [9.17, 15) is 4.79 Å². The fraction of sp³-hybridized carbons (Fsp3) is 0.333. The van der Waals surface area contributed by atoms with Gasteiger partial charge in [-0.2, -0.15) is 0 Å². The Bertz CT molecular complexity index is 699. The highest BCUT2D eigenvalue weighted by atomic mass is 32.1. The summed E-state index contributed by atoms with van der Waals surface area (Å²) in [6, 6.07) is 5.23. The highest BCUT2D eigenvalue weighted by Gasteiger charge is 2.14. The van der Waals surface area contributed by atoms with Gasteiger partial charge >= 0.3 is 0 Å². The van der Waals surface area contributed by atoms with Gasteiger partial charge in [0.05, 0.1) is 17.2 Å². The molecule has 7 heteroatoms. The summed E-state index contributed by atoms with van der Waals surface area (Å²) in [6.07, 6.45) is 0. The molecule has 22 heavy (non-hydrogen) atoms. The molecule has 1 aliphatic rings. The molecule has 3 rings (SSSR count). The van der Waals surface area contributed by atoms with Crippen LogP contribution >= 0.6 is 11.3 Å². The quantitative estimate of drug-likeness (QED) is 0.914. The Morgan fingerprint density at radius 1 is 1.36 bits per heavy atom. The summed E-state index contributed by atoms with van der Waals surface area (Å²) in [5.41, 5.74) is 0.958. The fourth-order valence-electron chi connectivity index (χ4n) is 2.08. The molecule has 0 saturated carbocycles. The average molecular weight is 320 g/mol. The number of fused-ring (bicyclic) bond motifs is 1. The van der Waals surface area contributed by atoms with E-state index < -0.39 is 0 Å². The molecule has 1 aromatic heterocycles. The fourth-order valence-corrected chi connectivity index (χ4v) is 2.96. The zero-order chi connectivity index (χ0) is 15.5. The molecule has 1 N–H and O–H groups in total. The Labute approximate surface area is 132 Å². The van der Waals surface area contributed by atoms with E-state index in [2.05, 4.69) is 10.3 Å². The molecule has 0 saturated heterocycles. The van der Waals surface area contributed by atoms with Gasteiger partial charge in [0.15, 0.2) is 18.1 Å². The van der Waals surface area contributed by atoms with Crippen molar-refractivity contribution in [1.29, 1.82) is 0 Å². The Kier molecular flexibility index (Phi) is 4.15. The summed E-state index contributed by atoms with van der Waals surface area (Å²) in [4.78, 5) is 17.2. The third-order valence-electron chi connectivity index (χ3n) is 3.16. The van der Waals surface area contributed by atoms with Crippen LogP contribution in [0.3, 0.4) is 0 Å². The lowest BCUT2D eigenvalue weighted by Gasteiger charge is -2.07. The van der Waals surface area contributed by atoms with Crippen LogP contribution in [-0.4, -0.2) is 24.3 Å². The first-order chi connectivity index (χ1) is 10.6. The topological polar surface area (TPSA) is 69.7 Å². The van der Waals surface area contributed by atoms with Crippen LogP contribution in [0.4, 0.5) is 0 Å². The molecule has 2 aromatic rings. The average Bonchev–Trinajstić information content (AvgIpc) is 3.08. The van der Waals surface area contributed by atoms with Crippen LogP contribution in [0, 0.1) is 13.8 Å². The van der Waals surface area contributed by atoms with Crippen molar-refractivity contribution < 1.29 is 19.0 Å². The molecule has 2 heterocycles. The van der Waals surface area contributed by atoms with E-state index in [1.165, 1.54) is 0 Å². The summed E-state index contributed by atoms with van der Waals surface area (Å²) >= 11 is 1.59. The molecular formula is C15H16N2O4S. The lowest BCUT2D eigenvalue weighted by Crippen LogP contribution is -2.28. The van der Waals surface area contributed by atoms with E-state index in [1.807, 2.05) is 13.8 Å². The molecule has 0 atom stereocenters. The molecule has 0 aliphatic carbocycles. The van der Waals surface area contributed by atoms with Crippen LogP contribution in [0.2, 0.25) is 0 Å². The van der Waals surface area contributed by atoms with E-state index >= 15 is 0 Å². The Morgan fingerprint density at radius 3 is 2.95 bits per heavy atom. The summed E-state index contributed by atoms with van der Waals surface area (Å²) in [5, 5.41) is 3.82. The minimum Gasteiger partial charge on any atom is -0.484 e. The molecule has 0 radical (unpaired) electrons. The SMILES string of the molecule is Cc1nc(C)c(CNC(=O)COc2ccc3c(c2)OCO3)s1. The predicted molar refractivity (Wildman–Crippen MR) is 81.5 cm³/mol. The molecule has 1 amide bonds. The second-order valence-electron chi connectivity index (χ2n) is 4.82. The maximum Gasteiger partial charge on any atom is 0.258 e. The summed E-state index contributed by atoms with van der Waals surface area (Å²) in [5.74, 6) is 1.72. The number of nitrogens with zero attached hydrogens (tertiary/aromatic N) is 1. The first-order valence-electron chi connectivity index (χ1n) is 6.84. The normalized spacial score (nSPS) is 12.3. The van der Waals surface area contributed by atoms with Crippen LogP contribution in [0.5, 0.6) is 17.2 Å². The van der Waals surface area contributed by atoms with E-state index in [1.54, 1.807) is 29.5 Å². The number of ether oxygens (including phenoxy) is 3. The molecule has 0 spiro atoms. The van der Waals surface area contributed by atoms with Crippen molar-refractivity contribution in [3.05, 3.63) is 33.8 Å². The van der Waals surface area contributed by atoms with E-state index in [0.29, 0.717) is 23.8 Å². The van der Waals surface area contributed by atoms with Gasteiger partial charge in [0.25, 0.3) is 5.91 Å². The number of amides is 1. The highest BCUT2D eigenvalue weighted by molar-refractivity contribution is 7.11. The number of carbonyl (C=O) groups excluding carboxylic acids is 1. The summed E-state index contributed by atoms with van der Waals surface area (Å²) < 4.78 is 15.9. The molecular weight excluding hydrogens is 304 g/mol. The Morgan fingerprint density at radius 2 is 2.18 bits per heavy atom. The van der Waals surface area contributed by atoms with Gasteiger partial charge in [0.2, 0.25) is 6.79 Å². The number of carbonyl (C=O) groups is 1. The van der Waals surface area contributed by atoms with Crippen molar-refractivity contribution in [3.63, 3.8) is 0 Å². The van der Waals surface area contributed by atoms with Gasteiger partial charge in [0.1, 0.15) is 5.75 Å². The van der Waals surface area contributed by atoms with Gasteiger partial charge in [0, 0.05) is 10.9 Å². The van der Waals surface area contributed by atoms with Crippen LogP contribution < -0.4 is 19.5 Å². The number of hydrogen-bond donors (Lipinski definition) is 1. The van der Waals surface area contributed by atoms with Gasteiger partial charge in [-0.05, 0) is 26.0 Å². The molecule has 1 aromatic carbocycles. The van der Waals surface area contributed by atoms with Crippen LogP contribution in [0.1, 0.15) is 15.6 Å². The summed E-state index contributed by atoms with van der Waals surface area (Å²) in [7, 11) is 0. The van der Waals surface area contributed by atoms with Crippen LogP contribution in [0.15, 0.2) is 18.2 Å². The smallest absolute Gasteiger partial charge is 0.258 e. The molecule has 0 fully saturated rings. The number of rotatable bonds is 5. The maximum atomic E-state index is 11.8. The standard InChI is InChI=1S/C15H16N2O4S/c1-9-14(22-10(2)17-9)6-16-15(18)7-19-11-3-4-12-13(5-11)21-8-20-12/h3-5H,6-8H2,1-2H3,(H,16,18). The minimum atomic E-state index is -0.178. The Hall–Kier alpha value is -2.28. The van der Waals surface area contributed by atoms with Crippen molar-refractivity contribution in [3.8, 4) is 17.2 Å². The third-order valence-corrected chi connectivity index (χ3v) is 4.23. The second-order valence-corrected chi connectivity index (χ2v) is 6.11. The molecule has 1 aliphatic heterocycles. The van der Waals surface area contributed by atoms with Crippen molar-refractivity contribution in [2.75, 3.05) is 13.4 Å². The number of aryl methyl sites for hydroxylation is 2. The van der Waals surface area contributed by atoms with E-state index in [4.69, 9.17) is 14.2 Å².